The van der Waals surface area contributed by atoms with Gasteiger partial charge in [0.2, 0.25) is 0 Å². The van der Waals surface area contributed by atoms with Crippen LogP contribution in [0.15, 0.2) is 23.1 Å². The molecule has 0 saturated carbocycles. The van der Waals surface area contributed by atoms with Gasteiger partial charge in [-0.05, 0) is 43.1 Å². The van der Waals surface area contributed by atoms with E-state index in [4.69, 9.17) is 17.3 Å². The molecule has 0 saturated heterocycles. The Kier molecular flexibility index (Phi) is 4.13. The van der Waals surface area contributed by atoms with Gasteiger partial charge in [-0.3, -0.25) is 0 Å². The first-order valence-corrected chi connectivity index (χ1v) is 6.90. The summed E-state index contributed by atoms with van der Waals surface area (Å²) in [7, 11) is -3.18. The van der Waals surface area contributed by atoms with Crippen LogP contribution in [-0.4, -0.2) is 21.2 Å². The molecule has 1 aromatic carbocycles. The van der Waals surface area contributed by atoms with Gasteiger partial charge >= 0.3 is 0 Å². The van der Waals surface area contributed by atoms with Crippen molar-refractivity contribution >= 4 is 21.4 Å². The lowest BCUT2D eigenvalue weighted by molar-refractivity contribution is 0.600. The Bertz CT molecular complexity index is 443. The van der Waals surface area contributed by atoms with Gasteiger partial charge in [0.05, 0.1) is 4.90 Å². The lowest BCUT2D eigenvalue weighted by Gasteiger charge is -2.07. The second-order valence-corrected chi connectivity index (χ2v) is 5.84. The van der Waals surface area contributed by atoms with Crippen molar-refractivity contribution in [2.75, 3.05) is 12.8 Å². The number of hydrogen-bond donors (Lipinski definition) is 1. The second kappa shape index (κ2) is 4.96. The van der Waals surface area contributed by atoms with E-state index in [0.717, 1.165) is 12.0 Å². The quantitative estimate of drug-likeness (QED) is 0.880. The number of benzene rings is 1. The number of sulfone groups is 1. The molecular weight excluding hydrogens is 234 g/mol. The highest BCUT2D eigenvalue weighted by Crippen LogP contribution is 2.21. The largest absolute Gasteiger partial charge is 0.330 e. The summed E-state index contributed by atoms with van der Waals surface area (Å²) in [6.45, 7) is 0.537. The highest BCUT2D eigenvalue weighted by Gasteiger charge is 2.12. The third kappa shape index (κ3) is 3.48. The van der Waals surface area contributed by atoms with E-state index < -0.39 is 9.84 Å². The van der Waals surface area contributed by atoms with E-state index in [0.29, 0.717) is 22.9 Å². The van der Waals surface area contributed by atoms with Crippen molar-refractivity contribution in [3.8, 4) is 0 Å². The van der Waals surface area contributed by atoms with Crippen molar-refractivity contribution in [2.24, 2.45) is 5.73 Å². The molecule has 2 N–H and O–H groups in total. The maximum atomic E-state index is 11.5. The molecule has 0 aliphatic heterocycles. The van der Waals surface area contributed by atoms with E-state index >= 15 is 0 Å². The maximum Gasteiger partial charge on any atom is 0.175 e. The third-order valence-corrected chi connectivity index (χ3v) is 3.50. The van der Waals surface area contributed by atoms with Crippen LogP contribution < -0.4 is 5.73 Å². The Balaban J connectivity index is 3.15. The number of nitrogens with two attached hydrogens (primary N) is 1. The van der Waals surface area contributed by atoms with Crippen molar-refractivity contribution < 1.29 is 8.42 Å². The summed E-state index contributed by atoms with van der Waals surface area (Å²) in [5, 5.41) is 0.550. The van der Waals surface area contributed by atoms with Gasteiger partial charge in [0.25, 0.3) is 0 Å². The minimum atomic E-state index is -3.18. The lowest BCUT2D eigenvalue weighted by Crippen LogP contribution is -2.05. The number of halogens is 1. The summed E-state index contributed by atoms with van der Waals surface area (Å²) in [6, 6.07) is 4.82. The number of hydrogen-bond acceptors (Lipinski definition) is 3. The standard InChI is InChI=1S/C10H14ClNO2S/c1-15(13,14)10-5-4-9(11)7-8(10)3-2-6-12/h4-5,7H,2-3,6,12H2,1H3. The maximum absolute atomic E-state index is 11.5. The Morgan fingerprint density at radius 1 is 1.40 bits per heavy atom. The molecule has 0 spiro atoms. The molecule has 0 aliphatic carbocycles. The zero-order valence-electron chi connectivity index (χ0n) is 8.53. The monoisotopic (exact) mass is 247 g/mol. The van der Waals surface area contributed by atoms with E-state index in [9.17, 15) is 8.42 Å². The number of rotatable bonds is 4. The van der Waals surface area contributed by atoms with Crippen molar-refractivity contribution in [3.63, 3.8) is 0 Å². The van der Waals surface area contributed by atoms with Gasteiger partial charge in [-0.2, -0.15) is 0 Å². The number of aryl methyl sites for hydroxylation is 1. The zero-order valence-corrected chi connectivity index (χ0v) is 10.1. The van der Waals surface area contributed by atoms with Crippen LogP contribution in [0.5, 0.6) is 0 Å². The first kappa shape index (κ1) is 12.5. The van der Waals surface area contributed by atoms with Gasteiger partial charge in [0.1, 0.15) is 0 Å². The van der Waals surface area contributed by atoms with E-state index in [1.807, 2.05) is 0 Å². The molecule has 0 amide bonds. The van der Waals surface area contributed by atoms with Crippen LogP contribution in [0.25, 0.3) is 0 Å². The average molecular weight is 248 g/mol. The SMILES string of the molecule is CS(=O)(=O)c1ccc(Cl)cc1CCCN. The first-order valence-electron chi connectivity index (χ1n) is 4.63. The molecule has 3 nitrogen and oxygen atoms in total. The smallest absolute Gasteiger partial charge is 0.175 e. The molecule has 0 atom stereocenters. The molecule has 1 aromatic rings. The van der Waals surface area contributed by atoms with Crippen LogP contribution in [0.1, 0.15) is 12.0 Å². The molecule has 5 heteroatoms. The van der Waals surface area contributed by atoms with E-state index in [1.54, 1.807) is 18.2 Å². The van der Waals surface area contributed by atoms with Crippen molar-refractivity contribution in [2.45, 2.75) is 17.7 Å². The molecule has 0 bridgehead atoms. The summed E-state index contributed by atoms with van der Waals surface area (Å²) < 4.78 is 22.9. The fourth-order valence-corrected chi connectivity index (χ4v) is 2.54. The van der Waals surface area contributed by atoms with E-state index in [-0.39, 0.29) is 0 Å². The highest BCUT2D eigenvalue weighted by molar-refractivity contribution is 7.90. The lowest BCUT2D eigenvalue weighted by atomic mass is 10.1. The summed E-state index contributed by atoms with van der Waals surface area (Å²) in [5.74, 6) is 0. The summed E-state index contributed by atoms with van der Waals surface area (Å²) in [4.78, 5) is 0.348. The molecule has 0 aliphatic rings. The molecule has 1 rings (SSSR count). The predicted molar refractivity (Wildman–Crippen MR) is 61.9 cm³/mol. The van der Waals surface area contributed by atoms with Gasteiger partial charge in [-0.1, -0.05) is 11.6 Å². The van der Waals surface area contributed by atoms with Crippen molar-refractivity contribution in [3.05, 3.63) is 28.8 Å². The Morgan fingerprint density at radius 2 is 2.07 bits per heavy atom. The van der Waals surface area contributed by atoms with Crippen molar-refractivity contribution in [1.82, 2.24) is 0 Å². The minimum absolute atomic E-state index is 0.348. The van der Waals surface area contributed by atoms with Gasteiger partial charge in [-0.25, -0.2) is 8.42 Å². The van der Waals surface area contributed by atoms with Gasteiger partial charge in [0.15, 0.2) is 9.84 Å². The van der Waals surface area contributed by atoms with Crippen LogP contribution in [0, 0.1) is 0 Å². The molecule has 15 heavy (non-hydrogen) atoms. The van der Waals surface area contributed by atoms with Crippen LogP contribution in [0.3, 0.4) is 0 Å². The van der Waals surface area contributed by atoms with Gasteiger partial charge < -0.3 is 5.73 Å². The van der Waals surface area contributed by atoms with Crippen LogP contribution in [0.4, 0.5) is 0 Å². The summed E-state index contributed by atoms with van der Waals surface area (Å²) in [5.41, 5.74) is 6.14. The molecule has 84 valence electrons. The molecule has 0 fully saturated rings. The van der Waals surface area contributed by atoms with E-state index in [2.05, 4.69) is 0 Å². The Hall–Kier alpha value is -0.580. The Labute approximate surface area is 95.2 Å². The minimum Gasteiger partial charge on any atom is -0.330 e. The molecule has 0 radical (unpaired) electrons. The fraction of sp³-hybridized carbons (Fsp3) is 0.400. The molecular formula is C10H14ClNO2S. The van der Waals surface area contributed by atoms with Gasteiger partial charge in [-0.15, -0.1) is 0 Å². The third-order valence-electron chi connectivity index (χ3n) is 2.07. The first-order chi connectivity index (χ1) is 6.95. The van der Waals surface area contributed by atoms with Crippen LogP contribution in [0.2, 0.25) is 5.02 Å². The van der Waals surface area contributed by atoms with Crippen molar-refractivity contribution in [1.29, 1.82) is 0 Å². The summed E-state index contributed by atoms with van der Waals surface area (Å²) >= 11 is 5.82. The average Bonchev–Trinajstić information content (AvgIpc) is 2.12. The molecule has 0 unspecified atom stereocenters. The fourth-order valence-electron chi connectivity index (χ4n) is 1.40. The molecule has 0 heterocycles. The van der Waals surface area contributed by atoms with Crippen LogP contribution in [-0.2, 0) is 16.3 Å². The zero-order chi connectivity index (χ0) is 11.5. The predicted octanol–water partition coefficient (Wildman–Crippen LogP) is 1.63. The highest BCUT2D eigenvalue weighted by atomic mass is 35.5. The summed E-state index contributed by atoms with van der Waals surface area (Å²) in [6.07, 6.45) is 2.59. The normalized spacial score (nSPS) is 11.7. The van der Waals surface area contributed by atoms with Crippen LogP contribution >= 0.6 is 11.6 Å². The topological polar surface area (TPSA) is 60.2 Å². The van der Waals surface area contributed by atoms with E-state index in [1.165, 1.54) is 6.26 Å². The second-order valence-electron chi connectivity index (χ2n) is 3.42. The van der Waals surface area contributed by atoms with Gasteiger partial charge in [0, 0.05) is 11.3 Å². The molecule has 0 aromatic heterocycles. The Morgan fingerprint density at radius 3 is 2.60 bits per heavy atom.